The Morgan fingerprint density at radius 2 is 1.35 bits per heavy atom. The van der Waals surface area contributed by atoms with E-state index in [1.807, 2.05) is 0 Å². The van der Waals surface area contributed by atoms with Gasteiger partial charge >= 0.3 is 11.9 Å². The van der Waals surface area contributed by atoms with Gasteiger partial charge < -0.3 is 14.2 Å². The van der Waals surface area contributed by atoms with Gasteiger partial charge in [0.2, 0.25) is 0 Å². The Balaban J connectivity index is 1.72. The molecule has 0 saturated heterocycles. The number of carbonyl (C=O) groups excluding carboxylic acids is 2. The molecule has 2 rings (SSSR count). The highest BCUT2D eigenvalue weighted by molar-refractivity contribution is 5.95. The largest absolute Gasteiger partial charge is 0.465 e. The monoisotopic (exact) mass is 368 g/mol. The lowest BCUT2D eigenvalue weighted by Gasteiger charge is -2.32. The van der Waals surface area contributed by atoms with Gasteiger partial charge in [-0.25, -0.2) is 0 Å². The molecule has 5 heteroatoms. The first-order valence-electron chi connectivity index (χ1n) is 10.6. The van der Waals surface area contributed by atoms with Crippen LogP contribution < -0.4 is 0 Å². The average molecular weight is 369 g/mol. The third-order valence-corrected chi connectivity index (χ3v) is 5.83. The zero-order valence-electron chi connectivity index (χ0n) is 16.5. The number of esters is 2. The zero-order chi connectivity index (χ0) is 18.8. The predicted molar refractivity (Wildman–Crippen MR) is 99.6 cm³/mol. The molecule has 5 nitrogen and oxygen atoms in total. The number of rotatable bonds is 9. The Morgan fingerprint density at radius 1 is 0.808 bits per heavy atom. The van der Waals surface area contributed by atoms with Crippen molar-refractivity contribution in [1.82, 2.24) is 0 Å². The maximum Gasteiger partial charge on any atom is 0.322 e. The van der Waals surface area contributed by atoms with Gasteiger partial charge in [-0.05, 0) is 57.8 Å². The Hall–Kier alpha value is -1.10. The maximum atomic E-state index is 12.0. The normalized spacial score (nSPS) is 24.4. The summed E-state index contributed by atoms with van der Waals surface area (Å²) in [6, 6.07) is 0. The van der Waals surface area contributed by atoms with E-state index >= 15 is 0 Å². The summed E-state index contributed by atoms with van der Waals surface area (Å²) in [6.07, 6.45) is 13.0. The molecule has 0 radical (unpaired) electrons. The van der Waals surface area contributed by atoms with Crippen LogP contribution in [0.3, 0.4) is 0 Å². The molecule has 2 fully saturated rings. The summed E-state index contributed by atoms with van der Waals surface area (Å²) in [4.78, 5) is 24.0. The second-order valence-electron chi connectivity index (χ2n) is 7.77. The van der Waals surface area contributed by atoms with Gasteiger partial charge in [0.15, 0.2) is 5.92 Å². The number of carbonyl (C=O) groups is 2. The predicted octanol–water partition coefficient (Wildman–Crippen LogP) is 4.27. The van der Waals surface area contributed by atoms with Gasteiger partial charge in [-0.1, -0.05) is 32.1 Å². The molecule has 0 aromatic carbocycles. The molecular weight excluding hydrogens is 332 g/mol. The van der Waals surface area contributed by atoms with Gasteiger partial charge in [0.05, 0.1) is 25.9 Å². The number of hydrogen-bond acceptors (Lipinski definition) is 5. The number of hydrogen-bond donors (Lipinski definition) is 0. The molecule has 0 aromatic rings. The van der Waals surface area contributed by atoms with E-state index in [1.54, 1.807) is 13.8 Å². The van der Waals surface area contributed by atoms with E-state index in [0.717, 1.165) is 24.7 Å². The van der Waals surface area contributed by atoms with E-state index in [9.17, 15) is 9.59 Å². The van der Waals surface area contributed by atoms with Crippen molar-refractivity contribution in [2.45, 2.75) is 84.2 Å². The first-order chi connectivity index (χ1) is 12.6. The van der Waals surface area contributed by atoms with Crippen molar-refractivity contribution in [2.75, 3.05) is 19.8 Å². The third-order valence-electron chi connectivity index (χ3n) is 5.83. The smallest absolute Gasteiger partial charge is 0.322 e. The Morgan fingerprint density at radius 3 is 1.88 bits per heavy atom. The topological polar surface area (TPSA) is 61.8 Å². The summed E-state index contributed by atoms with van der Waals surface area (Å²) in [5.41, 5.74) is 0. The van der Waals surface area contributed by atoms with Gasteiger partial charge in [-0.2, -0.15) is 0 Å². The van der Waals surface area contributed by atoms with Crippen molar-refractivity contribution in [3.63, 3.8) is 0 Å². The molecule has 2 aliphatic rings. The first-order valence-corrected chi connectivity index (χ1v) is 10.6. The van der Waals surface area contributed by atoms with E-state index in [0.29, 0.717) is 0 Å². The standard InChI is InChI=1S/C21H36O5/c1-3-24-20(22)19(21(23)25-4-2)15-26-18-12-10-17(11-13-18)14-16-8-6-5-7-9-16/h16-19H,3-15H2,1-2H3. The third kappa shape index (κ3) is 6.90. The lowest BCUT2D eigenvalue weighted by Crippen LogP contribution is -2.34. The summed E-state index contributed by atoms with van der Waals surface area (Å²) < 4.78 is 15.9. The lowest BCUT2D eigenvalue weighted by atomic mass is 9.77. The summed E-state index contributed by atoms with van der Waals surface area (Å²) in [6.45, 7) is 4.03. The fraction of sp³-hybridized carbons (Fsp3) is 0.905. The molecule has 0 aliphatic heterocycles. The van der Waals surface area contributed by atoms with Crippen LogP contribution in [0.4, 0.5) is 0 Å². The van der Waals surface area contributed by atoms with Crippen molar-refractivity contribution in [1.29, 1.82) is 0 Å². The maximum absolute atomic E-state index is 12.0. The van der Waals surface area contributed by atoms with Gasteiger partial charge in [0, 0.05) is 0 Å². The zero-order valence-corrected chi connectivity index (χ0v) is 16.5. The van der Waals surface area contributed by atoms with Crippen molar-refractivity contribution in [3.8, 4) is 0 Å². The van der Waals surface area contributed by atoms with Crippen molar-refractivity contribution >= 4 is 11.9 Å². The van der Waals surface area contributed by atoms with Crippen molar-refractivity contribution in [2.24, 2.45) is 17.8 Å². The Kier molecular flexibility index (Phi) is 9.44. The molecule has 0 bridgehead atoms. The molecule has 0 N–H and O–H groups in total. The highest BCUT2D eigenvalue weighted by Crippen LogP contribution is 2.36. The summed E-state index contributed by atoms with van der Waals surface area (Å²) in [7, 11) is 0. The highest BCUT2D eigenvalue weighted by Gasteiger charge is 2.32. The van der Waals surface area contributed by atoms with Crippen LogP contribution in [0.1, 0.15) is 78.1 Å². The molecule has 2 saturated carbocycles. The molecule has 2 aliphatic carbocycles. The van der Waals surface area contributed by atoms with Gasteiger partial charge in [-0.15, -0.1) is 0 Å². The Bertz CT molecular complexity index is 404. The quantitative estimate of drug-likeness (QED) is 0.449. The van der Waals surface area contributed by atoms with E-state index in [2.05, 4.69) is 0 Å². The van der Waals surface area contributed by atoms with Crippen molar-refractivity contribution < 1.29 is 23.8 Å². The van der Waals surface area contributed by atoms with E-state index in [4.69, 9.17) is 14.2 Å². The van der Waals surface area contributed by atoms with Crippen LogP contribution in [-0.4, -0.2) is 37.9 Å². The molecule has 0 spiro atoms. The average Bonchev–Trinajstić information content (AvgIpc) is 2.64. The van der Waals surface area contributed by atoms with E-state index in [-0.39, 0.29) is 25.9 Å². The van der Waals surface area contributed by atoms with Gasteiger partial charge in [0.1, 0.15) is 0 Å². The Labute approximate surface area is 158 Å². The number of ether oxygens (including phenoxy) is 3. The molecule has 150 valence electrons. The molecule has 0 amide bonds. The minimum absolute atomic E-state index is 0.0651. The SMILES string of the molecule is CCOC(=O)C(COC1CCC(CC2CCCCC2)CC1)C(=O)OCC. The minimum atomic E-state index is -0.963. The van der Waals surface area contributed by atoms with Crippen LogP contribution >= 0.6 is 0 Å². The first kappa shape index (κ1) is 21.2. The van der Waals surface area contributed by atoms with Crippen LogP contribution in [-0.2, 0) is 23.8 Å². The van der Waals surface area contributed by atoms with Gasteiger partial charge in [0.25, 0.3) is 0 Å². The van der Waals surface area contributed by atoms with E-state index < -0.39 is 17.9 Å². The fourth-order valence-corrected chi connectivity index (χ4v) is 4.38. The summed E-state index contributed by atoms with van der Waals surface area (Å²) in [5.74, 6) is -0.296. The molecule has 0 unspecified atom stereocenters. The van der Waals surface area contributed by atoms with Crippen LogP contribution in [0.15, 0.2) is 0 Å². The lowest BCUT2D eigenvalue weighted by molar-refractivity contribution is -0.166. The van der Waals surface area contributed by atoms with Crippen molar-refractivity contribution in [3.05, 3.63) is 0 Å². The highest BCUT2D eigenvalue weighted by atomic mass is 16.6. The molecular formula is C21H36O5. The molecule has 0 aromatic heterocycles. The van der Waals surface area contributed by atoms with Crippen LogP contribution in [0, 0.1) is 17.8 Å². The van der Waals surface area contributed by atoms with E-state index in [1.165, 1.54) is 51.4 Å². The second kappa shape index (κ2) is 11.6. The van der Waals surface area contributed by atoms with Gasteiger partial charge in [-0.3, -0.25) is 9.59 Å². The molecule has 0 atom stereocenters. The fourth-order valence-electron chi connectivity index (χ4n) is 4.38. The molecule has 26 heavy (non-hydrogen) atoms. The molecule has 0 heterocycles. The van der Waals surface area contributed by atoms with Crippen LogP contribution in [0.5, 0.6) is 0 Å². The van der Waals surface area contributed by atoms with Crippen LogP contribution in [0.2, 0.25) is 0 Å². The minimum Gasteiger partial charge on any atom is -0.465 e. The van der Waals surface area contributed by atoms with Crippen LogP contribution in [0.25, 0.3) is 0 Å². The second-order valence-corrected chi connectivity index (χ2v) is 7.77. The summed E-state index contributed by atoms with van der Waals surface area (Å²) >= 11 is 0. The summed E-state index contributed by atoms with van der Waals surface area (Å²) in [5, 5.41) is 0.